The molecule has 2 unspecified atom stereocenters. The Balaban J connectivity index is 1.56. The number of benzene rings is 1. The lowest BCUT2D eigenvalue weighted by Gasteiger charge is -2.20. The first-order valence-corrected chi connectivity index (χ1v) is 8.88. The lowest BCUT2D eigenvalue weighted by molar-refractivity contribution is -0.134. The minimum absolute atomic E-state index is 0.116. The van der Waals surface area contributed by atoms with Crippen LogP contribution in [0.25, 0.3) is 0 Å². The van der Waals surface area contributed by atoms with Gasteiger partial charge in [-0.25, -0.2) is 4.79 Å². The lowest BCUT2D eigenvalue weighted by Crippen LogP contribution is -2.34. The Bertz CT molecular complexity index is 665. The quantitative estimate of drug-likeness (QED) is 0.851. The van der Waals surface area contributed by atoms with E-state index in [2.05, 4.69) is 10.1 Å². The number of likely N-dealkylation sites (tertiary alicyclic amines) is 1. The fraction of sp³-hybridized carbons (Fsp3) is 0.526. The van der Waals surface area contributed by atoms with Crippen molar-refractivity contribution in [1.82, 2.24) is 4.90 Å². The number of nitrogens with zero attached hydrogens (tertiary/aromatic N) is 1. The van der Waals surface area contributed by atoms with E-state index in [0.29, 0.717) is 17.7 Å². The molecular weight excluding hydrogens is 320 g/mol. The number of amides is 2. The van der Waals surface area contributed by atoms with E-state index in [1.54, 1.807) is 24.3 Å². The van der Waals surface area contributed by atoms with Crippen LogP contribution in [0, 0.1) is 11.8 Å². The van der Waals surface area contributed by atoms with Crippen LogP contribution in [0.5, 0.6) is 0 Å². The molecular formula is C19H24N2O4. The van der Waals surface area contributed by atoms with Crippen LogP contribution in [0.3, 0.4) is 0 Å². The van der Waals surface area contributed by atoms with E-state index in [1.165, 1.54) is 20.0 Å². The van der Waals surface area contributed by atoms with Crippen molar-refractivity contribution < 1.29 is 19.1 Å². The summed E-state index contributed by atoms with van der Waals surface area (Å²) >= 11 is 0. The molecule has 1 aliphatic heterocycles. The van der Waals surface area contributed by atoms with Gasteiger partial charge in [0.1, 0.15) is 0 Å². The van der Waals surface area contributed by atoms with Crippen molar-refractivity contribution in [1.29, 1.82) is 0 Å². The summed E-state index contributed by atoms with van der Waals surface area (Å²) in [5, 5.41) is 2.81. The highest BCUT2D eigenvalue weighted by molar-refractivity contribution is 6.00. The van der Waals surface area contributed by atoms with Crippen LogP contribution in [0.15, 0.2) is 24.3 Å². The van der Waals surface area contributed by atoms with Crippen molar-refractivity contribution >= 4 is 23.5 Å². The zero-order valence-electron chi connectivity index (χ0n) is 14.5. The van der Waals surface area contributed by atoms with Crippen LogP contribution in [-0.4, -0.2) is 42.9 Å². The first-order valence-electron chi connectivity index (χ1n) is 8.88. The maximum Gasteiger partial charge on any atom is 0.337 e. The number of esters is 1. The van der Waals surface area contributed by atoms with Gasteiger partial charge in [0.25, 0.3) is 0 Å². The number of carbonyl (C=O) groups is 3. The van der Waals surface area contributed by atoms with E-state index < -0.39 is 5.97 Å². The van der Waals surface area contributed by atoms with E-state index in [4.69, 9.17) is 0 Å². The van der Waals surface area contributed by atoms with Crippen LogP contribution in [-0.2, 0) is 14.3 Å². The number of ether oxygens (including phenoxy) is 1. The van der Waals surface area contributed by atoms with Crippen LogP contribution < -0.4 is 5.32 Å². The monoisotopic (exact) mass is 344 g/mol. The Morgan fingerprint density at radius 3 is 2.48 bits per heavy atom. The minimum atomic E-state index is -0.447. The maximum absolute atomic E-state index is 12.5. The van der Waals surface area contributed by atoms with Gasteiger partial charge < -0.3 is 15.0 Å². The molecule has 1 aromatic carbocycles. The van der Waals surface area contributed by atoms with Crippen LogP contribution in [0.1, 0.15) is 42.5 Å². The molecule has 0 bridgehead atoms. The van der Waals surface area contributed by atoms with Gasteiger partial charge in [-0.15, -0.1) is 0 Å². The molecule has 1 heterocycles. The number of nitrogens with one attached hydrogen (secondary N) is 1. The Hall–Kier alpha value is -2.37. The summed E-state index contributed by atoms with van der Waals surface area (Å²) in [7, 11) is 1.32. The third-order valence-electron chi connectivity index (χ3n) is 4.91. The number of rotatable bonds is 4. The summed E-state index contributed by atoms with van der Waals surface area (Å²) in [6, 6.07) is 6.62. The molecule has 2 atom stereocenters. The largest absolute Gasteiger partial charge is 0.465 e. The smallest absolute Gasteiger partial charge is 0.337 e. The van der Waals surface area contributed by atoms with Gasteiger partial charge >= 0.3 is 5.97 Å². The molecule has 1 saturated carbocycles. The van der Waals surface area contributed by atoms with E-state index in [9.17, 15) is 14.4 Å². The van der Waals surface area contributed by atoms with E-state index >= 15 is 0 Å². The molecule has 0 aromatic heterocycles. The Morgan fingerprint density at radius 2 is 1.80 bits per heavy atom. The maximum atomic E-state index is 12.5. The van der Waals surface area contributed by atoms with E-state index in [1.807, 2.05) is 4.90 Å². The minimum Gasteiger partial charge on any atom is -0.465 e. The highest BCUT2D eigenvalue weighted by Crippen LogP contribution is 2.41. The van der Waals surface area contributed by atoms with Crippen LogP contribution in [0.4, 0.5) is 5.69 Å². The number of methoxy groups -OCH3 is 1. The predicted octanol–water partition coefficient (Wildman–Crippen LogP) is 2.45. The molecule has 0 radical (unpaired) electrons. The second kappa shape index (κ2) is 7.68. The second-order valence-electron chi connectivity index (χ2n) is 6.75. The van der Waals surface area contributed by atoms with Crippen LogP contribution >= 0.6 is 0 Å². The van der Waals surface area contributed by atoms with Crippen molar-refractivity contribution in [3.8, 4) is 0 Å². The summed E-state index contributed by atoms with van der Waals surface area (Å²) in [4.78, 5) is 38.4. The summed E-state index contributed by atoms with van der Waals surface area (Å²) in [5.41, 5.74) is 0.925. The van der Waals surface area contributed by atoms with Crippen molar-refractivity contribution in [3.05, 3.63) is 29.8 Å². The number of hydrogen-bond acceptors (Lipinski definition) is 4. The van der Waals surface area contributed by atoms with Gasteiger partial charge in [0.05, 0.1) is 24.5 Å². The highest BCUT2D eigenvalue weighted by Gasteiger charge is 2.49. The van der Waals surface area contributed by atoms with Gasteiger partial charge in [-0.2, -0.15) is 0 Å². The van der Waals surface area contributed by atoms with Gasteiger partial charge in [0.2, 0.25) is 11.8 Å². The average molecular weight is 344 g/mol. The van der Waals surface area contributed by atoms with Crippen LogP contribution in [0.2, 0.25) is 0 Å². The molecule has 2 amide bonds. The Labute approximate surface area is 147 Å². The molecule has 1 saturated heterocycles. The Morgan fingerprint density at radius 1 is 1.08 bits per heavy atom. The van der Waals surface area contributed by atoms with Gasteiger partial charge in [-0.05, 0) is 37.5 Å². The third-order valence-corrected chi connectivity index (χ3v) is 4.91. The first kappa shape index (κ1) is 17.5. The number of carbonyl (C=O) groups excluding carboxylic acids is 3. The van der Waals surface area contributed by atoms with Crippen molar-refractivity contribution in [3.63, 3.8) is 0 Å². The Kier molecular flexibility index (Phi) is 5.36. The molecule has 1 N–H and O–H groups in total. The topological polar surface area (TPSA) is 75.7 Å². The standard InChI is InChI=1S/C19H24N2O4/c1-25-19(24)13-7-6-8-14(11-13)20-17(22)15-12-16(15)18(23)21-9-4-2-3-5-10-21/h6-8,11,15-16H,2-5,9-10,12H2,1H3,(H,20,22). The normalized spacial score (nSPS) is 22.7. The number of hydrogen-bond donors (Lipinski definition) is 1. The van der Waals surface area contributed by atoms with E-state index in [-0.39, 0.29) is 23.7 Å². The molecule has 134 valence electrons. The molecule has 6 nitrogen and oxygen atoms in total. The summed E-state index contributed by atoms with van der Waals surface area (Å²) < 4.78 is 4.68. The highest BCUT2D eigenvalue weighted by atomic mass is 16.5. The van der Waals surface area contributed by atoms with Gasteiger partial charge in [0, 0.05) is 18.8 Å². The zero-order chi connectivity index (χ0) is 17.8. The van der Waals surface area contributed by atoms with Crippen molar-refractivity contribution in [2.45, 2.75) is 32.1 Å². The summed E-state index contributed by atoms with van der Waals surface area (Å²) in [6.45, 7) is 1.62. The predicted molar refractivity (Wildman–Crippen MR) is 93.1 cm³/mol. The average Bonchev–Trinajstić information content (AvgIpc) is 3.44. The molecule has 6 heteroatoms. The molecule has 0 spiro atoms. The molecule has 3 rings (SSSR count). The van der Waals surface area contributed by atoms with Gasteiger partial charge in [-0.1, -0.05) is 18.9 Å². The second-order valence-corrected chi connectivity index (χ2v) is 6.75. The van der Waals surface area contributed by atoms with Crippen molar-refractivity contribution in [2.75, 3.05) is 25.5 Å². The SMILES string of the molecule is COC(=O)c1cccc(NC(=O)C2CC2C(=O)N2CCCCCC2)c1. The molecule has 1 aliphatic carbocycles. The van der Waals surface area contributed by atoms with Gasteiger partial charge in [0.15, 0.2) is 0 Å². The molecule has 2 aliphatic rings. The lowest BCUT2D eigenvalue weighted by atomic mass is 10.2. The summed E-state index contributed by atoms with van der Waals surface area (Å²) in [6.07, 6.45) is 5.06. The summed E-state index contributed by atoms with van der Waals surface area (Å²) in [5.74, 6) is -0.947. The fourth-order valence-electron chi connectivity index (χ4n) is 3.36. The zero-order valence-corrected chi connectivity index (χ0v) is 14.5. The van der Waals surface area contributed by atoms with Gasteiger partial charge in [-0.3, -0.25) is 9.59 Å². The number of anilines is 1. The first-order chi connectivity index (χ1) is 12.1. The fourth-order valence-corrected chi connectivity index (χ4v) is 3.36. The third kappa shape index (κ3) is 4.18. The molecule has 1 aromatic rings. The van der Waals surface area contributed by atoms with E-state index in [0.717, 1.165) is 25.9 Å². The molecule has 2 fully saturated rings. The van der Waals surface area contributed by atoms with Crippen molar-refractivity contribution in [2.24, 2.45) is 11.8 Å². The molecule has 25 heavy (non-hydrogen) atoms.